The van der Waals surface area contributed by atoms with Crippen molar-refractivity contribution in [3.63, 3.8) is 0 Å². The van der Waals surface area contributed by atoms with E-state index in [1.54, 1.807) is 6.92 Å². The molecule has 0 radical (unpaired) electrons. The minimum absolute atomic E-state index is 0.201. The van der Waals surface area contributed by atoms with Gasteiger partial charge in [-0.1, -0.05) is 35.5 Å². The van der Waals surface area contributed by atoms with Gasteiger partial charge in [0, 0.05) is 25.7 Å². The highest BCUT2D eigenvalue weighted by atomic mass is 32.2. The largest absolute Gasteiger partial charge is 0.461 e. The highest BCUT2D eigenvalue weighted by Gasteiger charge is 2.11. The quantitative estimate of drug-likeness (QED) is 0.143. The summed E-state index contributed by atoms with van der Waals surface area (Å²) in [5.74, 6) is -0.308. The summed E-state index contributed by atoms with van der Waals surface area (Å²) in [4.78, 5) is 27.9. The number of oxime groups is 1. The summed E-state index contributed by atoms with van der Waals surface area (Å²) in [6, 6.07) is 9.47. The smallest absolute Gasteiger partial charge is 0.446 e. The maximum Gasteiger partial charge on any atom is 0.446 e. The Labute approximate surface area is 150 Å². The topological polar surface area (TPSA) is 80.2 Å². The first-order valence-electron chi connectivity index (χ1n) is 7.15. The molecule has 0 saturated heterocycles. The predicted molar refractivity (Wildman–Crippen MR) is 97.3 cm³/mol. The first-order chi connectivity index (χ1) is 11.5. The molecule has 24 heavy (non-hydrogen) atoms. The van der Waals surface area contributed by atoms with E-state index in [-0.39, 0.29) is 19.0 Å². The summed E-state index contributed by atoms with van der Waals surface area (Å²) in [6.45, 7) is 2.36. The number of carbonyl (C=O) groups excluding carboxylic acids is 2. The van der Waals surface area contributed by atoms with E-state index in [1.807, 2.05) is 36.6 Å². The van der Waals surface area contributed by atoms with Crippen LogP contribution in [0.5, 0.6) is 0 Å². The van der Waals surface area contributed by atoms with Crippen molar-refractivity contribution in [2.75, 3.05) is 19.8 Å². The molecule has 1 amide bonds. The molecule has 0 aliphatic rings. The molecule has 132 valence electrons. The molecule has 0 aliphatic carbocycles. The number of hydrogen-bond acceptors (Lipinski definition) is 8. The summed E-state index contributed by atoms with van der Waals surface area (Å²) < 4.78 is 9.27. The monoisotopic (exact) mass is 371 g/mol. The second-order valence-electron chi connectivity index (χ2n) is 4.55. The Morgan fingerprint density at radius 2 is 2.00 bits per heavy atom. The van der Waals surface area contributed by atoms with E-state index in [9.17, 15) is 9.59 Å². The molecule has 0 heterocycles. The van der Waals surface area contributed by atoms with E-state index in [1.165, 1.54) is 23.1 Å². The van der Waals surface area contributed by atoms with Gasteiger partial charge in [-0.05, 0) is 18.7 Å². The summed E-state index contributed by atoms with van der Waals surface area (Å²) in [5.41, 5.74) is 0.941. The number of nitrogens with one attached hydrogen (secondary N) is 1. The third-order valence-corrected chi connectivity index (χ3v) is 4.10. The first-order valence-corrected chi connectivity index (χ1v) is 9.15. The van der Waals surface area contributed by atoms with E-state index in [0.717, 1.165) is 17.7 Å². The number of hydrogen-bond donors (Lipinski definition) is 1. The van der Waals surface area contributed by atoms with Gasteiger partial charge >= 0.3 is 12.1 Å². The van der Waals surface area contributed by atoms with Gasteiger partial charge in [-0.25, -0.2) is 13.8 Å². The Morgan fingerprint density at radius 1 is 1.29 bits per heavy atom. The summed E-state index contributed by atoms with van der Waals surface area (Å²) >= 11 is 2.41. The summed E-state index contributed by atoms with van der Waals surface area (Å²) in [6.07, 6.45) is 1.43. The SMILES string of the molecule is CSC(C)=NOC(=O)N(C)SNCCC(=O)OCc1ccccc1. The van der Waals surface area contributed by atoms with Crippen LogP contribution in [0.2, 0.25) is 0 Å². The average molecular weight is 371 g/mol. The van der Waals surface area contributed by atoms with Gasteiger partial charge < -0.3 is 4.74 Å². The van der Waals surface area contributed by atoms with Crippen LogP contribution in [-0.4, -0.2) is 41.3 Å². The lowest BCUT2D eigenvalue weighted by molar-refractivity contribution is -0.144. The number of benzene rings is 1. The van der Waals surface area contributed by atoms with Crippen LogP contribution in [-0.2, 0) is 21.0 Å². The maximum atomic E-state index is 11.6. The molecular weight excluding hydrogens is 350 g/mol. The molecule has 0 unspecified atom stereocenters. The Morgan fingerprint density at radius 3 is 2.67 bits per heavy atom. The molecule has 1 N–H and O–H groups in total. The molecular formula is C15H21N3O4S2. The fourth-order valence-corrected chi connectivity index (χ4v) is 1.95. The van der Waals surface area contributed by atoms with Gasteiger partial charge in [-0.3, -0.25) is 9.63 Å². The lowest BCUT2D eigenvalue weighted by Crippen LogP contribution is -2.25. The molecule has 0 aliphatic heterocycles. The number of rotatable bonds is 8. The van der Waals surface area contributed by atoms with Crippen LogP contribution in [0.3, 0.4) is 0 Å². The molecule has 0 saturated carbocycles. The summed E-state index contributed by atoms with van der Waals surface area (Å²) in [5, 5.41) is 4.30. The van der Waals surface area contributed by atoms with E-state index >= 15 is 0 Å². The Balaban J connectivity index is 2.13. The zero-order valence-corrected chi connectivity index (χ0v) is 15.5. The fourth-order valence-electron chi connectivity index (χ4n) is 1.34. The van der Waals surface area contributed by atoms with Crippen molar-refractivity contribution in [1.29, 1.82) is 0 Å². The van der Waals surface area contributed by atoms with Gasteiger partial charge in [0.15, 0.2) is 0 Å². The number of esters is 1. The number of ether oxygens (including phenoxy) is 1. The third-order valence-electron chi connectivity index (χ3n) is 2.68. The standard InChI is InChI=1S/C15H21N3O4S2/c1-12(23-3)17-22-15(20)18(2)24-16-10-9-14(19)21-11-13-7-5-4-6-8-13/h4-8,16H,9-11H2,1-3H3. The van der Waals surface area contributed by atoms with Gasteiger partial charge in [-0.2, -0.15) is 0 Å². The van der Waals surface area contributed by atoms with Crippen molar-refractivity contribution >= 4 is 41.0 Å². The molecule has 0 spiro atoms. The van der Waals surface area contributed by atoms with Gasteiger partial charge in [0.05, 0.1) is 6.42 Å². The molecule has 7 nitrogen and oxygen atoms in total. The number of nitrogens with zero attached hydrogens (tertiary/aromatic N) is 2. The lowest BCUT2D eigenvalue weighted by Gasteiger charge is -2.13. The van der Waals surface area contributed by atoms with Crippen molar-refractivity contribution in [3.8, 4) is 0 Å². The normalized spacial score (nSPS) is 11.0. The molecule has 9 heteroatoms. The molecule has 0 atom stereocenters. The molecule has 0 fully saturated rings. The van der Waals surface area contributed by atoms with Crippen LogP contribution >= 0.6 is 23.9 Å². The van der Waals surface area contributed by atoms with Crippen LogP contribution in [0.4, 0.5) is 4.79 Å². The lowest BCUT2D eigenvalue weighted by atomic mass is 10.2. The van der Waals surface area contributed by atoms with Crippen LogP contribution in [0.1, 0.15) is 18.9 Å². The van der Waals surface area contributed by atoms with Crippen molar-refractivity contribution in [2.45, 2.75) is 20.0 Å². The first kappa shape index (κ1) is 20.3. The Hall–Kier alpha value is -1.71. The molecule has 1 aromatic carbocycles. The zero-order valence-electron chi connectivity index (χ0n) is 13.9. The second-order valence-corrected chi connectivity index (χ2v) is 6.57. The van der Waals surface area contributed by atoms with Crippen molar-refractivity contribution in [1.82, 2.24) is 9.03 Å². The van der Waals surface area contributed by atoms with Gasteiger partial charge in [0.1, 0.15) is 11.7 Å². The fraction of sp³-hybridized carbons (Fsp3) is 0.400. The van der Waals surface area contributed by atoms with Crippen LogP contribution in [0.15, 0.2) is 35.5 Å². The zero-order chi connectivity index (χ0) is 17.8. The maximum absolute atomic E-state index is 11.6. The number of carbonyl (C=O) groups is 2. The summed E-state index contributed by atoms with van der Waals surface area (Å²) in [7, 11) is 1.54. The van der Waals surface area contributed by atoms with Crippen molar-refractivity contribution in [2.24, 2.45) is 5.16 Å². The van der Waals surface area contributed by atoms with E-state index in [0.29, 0.717) is 11.6 Å². The predicted octanol–water partition coefficient (Wildman–Crippen LogP) is 3.04. The van der Waals surface area contributed by atoms with Crippen LogP contribution in [0.25, 0.3) is 0 Å². The van der Waals surface area contributed by atoms with Crippen molar-refractivity contribution < 1.29 is 19.2 Å². The van der Waals surface area contributed by atoms with Crippen LogP contribution in [0, 0.1) is 0 Å². The number of amides is 1. The molecule has 0 bridgehead atoms. The van der Waals surface area contributed by atoms with Gasteiger partial charge in [0.2, 0.25) is 0 Å². The molecule has 0 aromatic heterocycles. The van der Waals surface area contributed by atoms with Crippen molar-refractivity contribution in [3.05, 3.63) is 35.9 Å². The Bertz CT molecular complexity index is 555. The van der Waals surface area contributed by atoms with E-state index < -0.39 is 6.09 Å². The van der Waals surface area contributed by atoms with E-state index in [4.69, 9.17) is 9.57 Å². The highest BCUT2D eigenvalue weighted by Crippen LogP contribution is 2.06. The average Bonchev–Trinajstić information content (AvgIpc) is 2.61. The minimum Gasteiger partial charge on any atom is -0.461 e. The van der Waals surface area contributed by atoms with E-state index in [2.05, 4.69) is 9.88 Å². The highest BCUT2D eigenvalue weighted by molar-refractivity contribution is 8.13. The number of thioether (sulfide) groups is 1. The Kier molecular flexibility index (Phi) is 9.97. The second kappa shape index (κ2) is 11.8. The minimum atomic E-state index is -0.604. The van der Waals surface area contributed by atoms with Gasteiger partial charge in [-0.15, -0.1) is 11.8 Å². The molecule has 1 aromatic rings. The third kappa shape index (κ3) is 8.80. The molecule has 1 rings (SSSR count). The van der Waals surface area contributed by atoms with Crippen LogP contribution < -0.4 is 4.72 Å². The van der Waals surface area contributed by atoms with Gasteiger partial charge in [0.25, 0.3) is 0 Å².